The lowest BCUT2D eigenvalue weighted by atomic mass is 9.70. The average molecular weight is 432 g/mol. The fourth-order valence-electron chi connectivity index (χ4n) is 5.16. The molecule has 3 rings (SSSR count). The number of amides is 3. The van der Waals surface area contributed by atoms with Crippen molar-refractivity contribution in [1.82, 2.24) is 15.5 Å². The highest BCUT2D eigenvalue weighted by molar-refractivity contribution is 5.81. The van der Waals surface area contributed by atoms with Crippen LogP contribution in [-0.2, 0) is 4.79 Å². The molecule has 1 aromatic rings. The Morgan fingerprint density at radius 3 is 2.48 bits per heavy atom. The van der Waals surface area contributed by atoms with E-state index >= 15 is 0 Å². The maximum Gasteiger partial charge on any atom is 0.315 e. The van der Waals surface area contributed by atoms with Crippen LogP contribution in [0.5, 0.6) is 5.75 Å². The van der Waals surface area contributed by atoms with E-state index in [0.29, 0.717) is 19.0 Å². The molecule has 4 N–H and O–H groups in total. The highest BCUT2D eigenvalue weighted by Gasteiger charge is 2.42. The molecule has 2 aliphatic rings. The number of likely N-dealkylation sites (tertiary alicyclic amines) is 1. The van der Waals surface area contributed by atoms with Gasteiger partial charge in [-0.2, -0.15) is 0 Å². The SMILES string of the molecule is CC(O)CNC(=O)NC1CCCCC1C(=O)N1CCC(c2ccc(O)cc2)C(C)(C)C1. The quantitative estimate of drug-likeness (QED) is 0.576. The van der Waals surface area contributed by atoms with Crippen molar-refractivity contribution in [3.8, 4) is 5.75 Å². The van der Waals surface area contributed by atoms with Crippen molar-refractivity contribution < 1.29 is 19.8 Å². The second kappa shape index (κ2) is 9.90. The van der Waals surface area contributed by atoms with Gasteiger partial charge in [-0.05, 0) is 55.2 Å². The van der Waals surface area contributed by atoms with E-state index in [1.165, 1.54) is 5.56 Å². The Labute approximate surface area is 185 Å². The van der Waals surface area contributed by atoms with Crippen LogP contribution in [0.3, 0.4) is 0 Å². The Morgan fingerprint density at radius 1 is 1.16 bits per heavy atom. The Morgan fingerprint density at radius 2 is 1.84 bits per heavy atom. The molecule has 1 saturated carbocycles. The van der Waals surface area contributed by atoms with E-state index in [0.717, 1.165) is 32.1 Å². The Hall–Kier alpha value is -2.28. The molecule has 1 saturated heterocycles. The number of aliphatic hydroxyl groups is 1. The summed E-state index contributed by atoms with van der Waals surface area (Å²) in [6.45, 7) is 7.58. The van der Waals surface area contributed by atoms with E-state index in [1.54, 1.807) is 19.1 Å². The van der Waals surface area contributed by atoms with Crippen LogP contribution in [0.1, 0.15) is 64.4 Å². The van der Waals surface area contributed by atoms with Crippen molar-refractivity contribution in [2.45, 2.75) is 70.9 Å². The van der Waals surface area contributed by atoms with Crippen molar-refractivity contribution in [1.29, 1.82) is 0 Å². The number of hydrogen-bond donors (Lipinski definition) is 4. The lowest BCUT2D eigenvalue weighted by Crippen LogP contribution is -2.55. The van der Waals surface area contributed by atoms with E-state index in [1.807, 2.05) is 17.0 Å². The summed E-state index contributed by atoms with van der Waals surface area (Å²) in [5.74, 6) is 0.524. The number of aliphatic hydroxyl groups excluding tert-OH is 1. The highest BCUT2D eigenvalue weighted by atomic mass is 16.3. The molecule has 0 aromatic heterocycles. The van der Waals surface area contributed by atoms with E-state index < -0.39 is 6.10 Å². The van der Waals surface area contributed by atoms with E-state index in [-0.39, 0.29) is 41.6 Å². The number of phenolic OH excluding ortho intramolecular Hbond substituents is 1. The number of carbonyl (C=O) groups excluding carboxylic acids is 2. The van der Waals surface area contributed by atoms with Gasteiger partial charge in [-0.25, -0.2) is 4.79 Å². The number of nitrogens with zero attached hydrogens (tertiary/aromatic N) is 1. The first-order valence-corrected chi connectivity index (χ1v) is 11.5. The Bertz CT molecular complexity index is 763. The molecule has 1 aromatic carbocycles. The predicted octanol–water partition coefficient (Wildman–Crippen LogP) is 2.97. The number of benzene rings is 1. The standard InChI is InChI=1S/C24H37N3O4/c1-16(28)14-25-23(31)26-21-7-5-4-6-19(21)22(30)27-13-12-20(24(2,3)15-27)17-8-10-18(29)11-9-17/h8-11,16,19-21,28-29H,4-7,12-15H2,1-3H3,(H2,25,26,31). The van der Waals surface area contributed by atoms with Gasteiger partial charge >= 0.3 is 6.03 Å². The molecular formula is C24H37N3O4. The fraction of sp³-hybridized carbons (Fsp3) is 0.667. The molecule has 0 bridgehead atoms. The zero-order valence-electron chi connectivity index (χ0n) is 18.9. The van der Waals surface area contributed by atoms with Gasteiger partial charge < -0.3 is 25.7 Å². The van der Waals surface area contributed by atoms with Crippen molar-refractivity contribution in [2.75, 3.05) is 19.6 Å². The van der Waals surface area contributed by atoms with Crippen LogP contribution in [0.4, 0.5) is 4.79 Å². The van der Waals surface area contributed by atoms with Gasteiger partial charge in [0.15, 0.2) is 0 Å². The van der Waals surface area contributed by atoms with Crippen LogP contribution in [-0.4, -0.2) is 58.8 Å². The van der Waals surface area contributed by atoms with Gasteiger partial charge in [-0.15, -0.1) is 0 Å². The molecule has 31 heavy (non-hydrogen) atoms. The molecule has 2 fully saturated rings. The third-order valence-corrected chi connectivity index (χ3v) is 6.79. The molecule has 172 valence electrons. The van der Waals surface area contributed by atoms with Crippen molar-refractivity contribution in [3.63, 3.8) is 0 Å². The molecule has 0 radical (unpaired) electrons. The number of aromatic hydroxyl groups is 1. The molecule has 4 unspecified atom stereocenters. The zero-order chi connectivity index (χ0) is 22.6. The number of rotatable bonds is 5. The van der Waals surface area contributed by atoms with Crippen LogP contribution >= 0.6 is 0 Å². The highest BCUT2D eigenvalue weighted by Crippen LogP contribution is 2.43. The molecule has 7 nitrogen and oxygen atoms in total. The number of nitrogens with one attached hydrogen (secondary N) is 2. The van der Waals surface area contributed by atoms with Gasteiger partial charge in [0.1, 0.15) is 5.75 Å². The number of phenols is 1. The van der Waals surface area contributed by atoms with Crippen molar-refractivity contribution >= 4 is 11.9 Å². The van der Waals surface area contributed by atoms with Crippen molar-refractivity contribution in [2.24, 2.45) is 11.3 Å². The number of piperidine rings is 1. The monoisotopic (exact) mass is 431 g/mol. The second-order valence-corrected chi connectivity index (χ2v) is 9.88. The number of urea groups is 1. The maximum atomic E-state index is 13.5. The lowest BCUT2D eigenvalue weighted by molar-refractivity contribution is -0.141. The summed E-state index contributed by atoms with van der Waals surface area (Å²) in [4.78, 5) is 27.7. The number of carbonyl (C=O) groups is 2. The van der Waals surface area contributed by atoms with Gasteiger partial charge in [0.25, 0.3) is 0 Å². The Kier molecular flexibility index (Phi) is 7.46. The maximum absolute atomic E-state index is 13.5. The summed E-state index contributed by atoms with van der Waals surface area (Å²) in [7, 11) is 0. The smallest absolute Gasteiger partial charge is 0.315 e. The predicted molar refractivity (Wildman–Crippen MR) is 120 cm³/mol. The third kappa shape index (κ3) is 5.91. The minimum Gasteiger partial charge on any atom is -0.508 e. The summed E-state index contributed by atoms with van der Waals surface area (Å²) in [5.41, 5.74) is 1.11. The molecule has 0 spiro atoms. The van der Waals surface area contributed by atoms with E-state index in [2.05, 4.69) is 24.5 Å². The molecule has 4 atom stereocenters. The van der Waals surface area contributed by atoms with Crippen LogP contribution in [0.15, 0.2) is 24.3 Å². The fourth-order valence-corrected chi connectivity index (χ4v) is 5.16. The first-order valence-electron chi connectivity index (χ1n) is 11.5. The molecule has 7 heteroatoms. The zero-order valence-corrected chi connectivity index (χ0v) is 18.9. The first-order chi connectivity index (χ1) is 14.7. The number of hydrogen-bond acceptors (Lipinski definition) is 4. The largest absolute Gasteiger partial charge is 0.508 e. The van der Waals surface area contributed by atoms with Gasteiger partial charge in [-0.3, -0.25) is 4.79 Å². The van der Waals surface area contributed by atoms with E-state index in [4.69, 9.17) is 0 Å². The van der Waals surface area contributed by atoms with Gasteiger partial charge in [0.2, 0.25) is 5.91 Å². The molecule has 1 aliphatic carbocycles. The molecular weight excluding hydrogens is 394 g/mol. The summed E-state index contributed by atoms with van der Waals surface area (Å²) in [5, 5.41) is 24.6. The summed E-state index contributed by atoms with van der Waals surface area (Å²) >= 11 is 0. The average Bonchev–Trinajstić information content (AvgIpc) is 2.72. The summed E-state index contributed by atoms with van der Waals surface area (Å²) < 4.78 is 0. The van der Waals surface area contributed by atoms with Crippen molar-refractivity contribution in [3.05, 3.63) is 29.8 Å². The van der Waals surface area contributed by atoms with Crippen LogP contribution in [0.2, 0.25) is 0 Å². The summed E-state index contributed by atoms with van der Waals surface area (Å²) in [6, 6.07) is 6.91. The summed E-state index contributed by atoms with van der Waals surface area (Å²) in [6.07, 6.45) is 3.86. The van der Waals surface area contributed by atoms with Gasteiger partial charge in [0.05, 0.1) is 12.0 Å². The van der Waals surface area contributed by atoms with Crippen LogP contribution in [0, 0.1) is 11.3 Å². The normalized spacial score (nSPS) is 26.7. The minimum atomic E-state index is -0.605. The lowest BCUT2D eigenvalue weighted by Gasteiger charge is -2.46. The topological polar surface area (TPSA) is 102 Å². The second-order valence-electron chi connectivity index (χ2n) is 9.88. The minimum absolute atomic E-state index is 0.0862. The molecule has 1 aliphatic heterocycles. The first kappa shape index (κ1) is 23.4. The molecule has 3 amide bonds. The van der Waals surface area contributed by atoms with Gasteiger partial charge in [-0.1, -0.05) is 38.8 Å². The van der Waals surface area contributed by atoms with E-state index in [9.17, 15) is 19.8 Å². The third-order valence-electron chi connectivity index (χ3n) is 6.79. The Balaban J connectivity index is 1.64. The van der Waals surface area contributed by atoms with Crippen LogP contribution in [0.25, 0.3) is 0 Å². The molecule has 1 heterocycles. The van der Waals surface area contributed by atoms with Crippen LogP contribution < -0.4 is 10.6 Å². The van der Waals surface area contributed by atoms with Gasteiger partial charge in [0, 0.05) is 25.7 Å².